The molecule has 0 aromatic carbocycles. The summed E-state index contributed by atoms with van der Waals surface area (Å²) in [6.07, 6.45) is 8.28. The fourth-order valence-corrected chi connectivity index (χ4v) is 4.63. The maximum atomic E-state index is 6.34. The molecule has 0 aliphatic carbocycles. The Morgan fingerprint density at radius 2 is 2.20 bits per heavy atom. The molecule has 3 fully saturated rings. The van der Waals surface area contributed by atoms with Crippen LogP contribution >= 0.6 is 0 Å². The number of nitrogens with zero attached hydrogens (tertiary/aromatic N) is 5. The van der Waals surface area contributed by atoms with E-state index < -0.39 is 0 Å². The summed E-state index contributed by atoms with van der Waals surface area (Å²) < 4.78 is 8.34. The second kappa shape index (κ2) is 5.89. The van der Waals surface area contributed by atoms with Crippen LogP contribution in [0.3, 0.4) is 0 Å². The summed E-state index contributed by atoms with van der Waals surface area (Å²) in [7, 11) is 0. The molecule has 25 heavy (non-hydrogen) atoms. The molecule has 5 heterocycles. The van der Waals surface area contributed by atoms with E-state index in [1.807, 2.05) is 4.57 Å². The predicted octanol–water partition coefficient (Wildman–Crippen LogP) is 0.771. The molecular weight excluding hydrogens is 318 g/mol. The highest BCUT2D eigenvalue weighted by atomic mass is 16.5. The molecule has 0 saturated carbocycles. The maximum Gasteiger partial charge on any atom is 0.167 e. The first-order valence-corrected chi connectivity index (χ1v) is 9.24. The van der Waals surface area contributed by atoms with Crippen molar-refractivity contribution in [2.75, 3.05) is 38.5 Å². The molecule has 0 radical (unpaired) electrons. The Morgan fingerprint density at radius 1 is 1.28 bits per heavy atom. The maximum absolute atomic E-state index is 6.34. The van der Waals surface area contributed by atoms with Gasteiger partial charge in [-0.15, -0.1) is 0 Å². The van der Waals surface area contributed by atoms with Gasteiger partial charge in [0, 0.05) is 31.6 Å². The number of hydrogen-bond donors (Lipinski definition) is 2. The van der Waals surface area contributed by atoms with Crippen molar-refractivity contribution in [3.8, 4) is 0 Å². The average molecular weight is 343 g/mol. The van der Waals surface area contributed by atoms with Gasteiger partial charge in [-0.25, -0.2) is 15.0 Å². The van der Waals surface area contributed by atoms with E-state index in [-0.39, 0.29) is 12.3 Å². The van der Waals surface area contributed by atoms with Gasteiger partial charge in [-0.3, -0.25) is 4.57 Å². The molecule has 2 atom stereocenters. The minimum absolute atomic E-state index is 0.00609. The molecule has 2 aromatic rings. The van der Waals surface area contributed by atoms with Crippen LogP contribution in [0, 0.1) is 5.41 Å². The summed E-state index contributed by atoms with van der Waals surface area (Å²) in [6, 6.07) is 0. The summed E-state index contributed by atoms with van der Waals surface area (Å²) in [4.78, 5) is 15.3. The van der Waals surface area contributed by atoms with Crippen LogP contribution in [-0.4, -0.2) is 63.2 Å². The SMILES string of the molecule is Nc1ncnc2c1ncn2[C@H]1CC[C@@H](CN2CCCC3(CNC3)C2)O1. The standard InChI is InChI=1S/C17H25N7O/c18-15-14-16(21-10-20-15)24(11-22-14)13-3-2-12(25-13)6-23-5-1-4-17(9-23)7-19-8-17/h10-13,19H,1-9H2,(H2,18,20,21)/t12-,13+/m0/s1. The molecule has 3 saturated heterocycles. The molecular formula is C17H25N7O. The highest BCUT2D eigenvalue weighted by Gasteiger charge is 2.41. The van der Waals surface area contributed by atoms with E-state index in [1.54, 1.807) is 6.33 Å². The van der Waals surface area contributed by atoms with E-state index in [0.717, 1.165) is 25.0 Å². The lowest BCUT2D eigenvalue weighted by Crippen LogP contribution is -2.61. The number of piperidine rings is 1. The van der Waals surface area contributed by atoms with Crippen molar-refractivity contribution in [1.82, 2.24) is 29.7 Å². The van der Waals surface area contributed by atoms with Crippen LogP contribution in [0.4, 0.5) is 5.82 Å². The minimum Gasteiger partial charge on any atom is -0.382 e. The first kappa shape index (κ1) is 15.5. The van der Waals surface area contributed by atoms with E-state index in [1.165, 1.54) is 45.3 Å². The number of ether oxygens (including phenoxy) is 1. The largest absolute Gasteiger partial charge is 0.382 e. The lowest BCUT2D eigenvalue weighted by molar-refractivity contribution is -0.0320. The Bertz CT molecular complexity index is 771. The van der Waals surface area contributed by atoms with E-state index in [4.69, 9.17) is 10.5 Å². The average Bonchev–Trinajstić information content (AvgIpc) is 3.21. The molecule has 5 rings (SSSR count). The summed E-state index contributed by atoms with van der Waals surface area (Å²) >= 11 is 0. The Morgan fingerprint density at radius 3 is 3.04 bits per heavy atom. The molecule has 3 N–H and O–H groups in total. The van der Waals surface area contributed by atoms with Crippen molar-refractivity contribution in [3.05, 3.63) is 12.7 Å². The van der Waals surface area contributed by atoms with Gasteiger partial charge in [-0.2, -0.15) is 0 Å². The van der Waals surface area contributed by atoms with E-state index >= 15 is 0 Å². The third-order valence-corrected chi connectivity index (χ3v) is 5.98. The number of imidazole rings is 1. The molecule has 8 heteroatoms. The van der Waals surface area contributed by atoms with Crippen LogP contribution in [-0.2, 0) is 4.74 Å². The van der Waals surface area contributed by atoms with Crippen molar-refractivity contribution in [2.45, 2.75) is 38.0 Å². The Kier molecular flexibility index (Phi) is 3.65. The zero-order valence-electron chi connectivity index (χ0n) is 14.4. The first-order valence-electron chi connectivity index (χ1n) is 9.24. The van der Waals surface area contributed by atoms with Crippen LogP contribution in [0.25, 0.3) is 11.2 Å². The summed E-state index contributed by atoms with van der Waals surface area (Å²) in [5, 5.41) is 3.44. The van der Waals surface area contributed by atoms with Gasteiger partial charge < -0.3 is 20.7 Å². The highest BCUT2D eigenvalue weighted by molar-refractivity contribution is 5.81. The molecule has 3 aliphatic heterocycles. The molecule has 2 aromatic heterocycles. The van der Waals surface area contributed by atoms with Gasteiger partial charge >= 0.3 is 0 Å². The van der Waals surface area contributed by atoms with Gasteiger partial charge in [0.1, 0.15) is 18.1 Å². The molecule has 134 valence electrons. The molecule has 0 amide bonds. The predicted molar refractivity (Wildman–Crippen MR) is 93.9 cm³/mol. The second-order valence-electron chi connectivity index (χ2n) is 7.82. The number of nitrogen functional groups attached to an aromatic ring is 1. The number of nitrogens with one attached hydrogen (secondary N) is 1. The van der Waals surface area contributed by atoms with Crippen LogP contribution < -0.4 is 11.1 Å². The zero-order chi connectivity index (χ0) is 16.9. The number of hydrogen-bond acceptors (Lipinski definition) is 7. The number of fused-ring (bicyclic) bond motifs is 1. The van der Waals surface area contributed by atoms with E-state index in [0.29, 0.717) is 16.7 Å². The quantitative estimate of drug-likeness (QED) is 0.850. The van der Waals surface area contributed by atoms with Crippen molar-refractivity contribution in [3.63, 3.8) is 0 Å². The molecule has 3 aliphatic rings. The fourth-order valence-electron chi connectivity index (χ4n) is 4.63. The zero-order valence-corrected chi connectivity index (χ0v) is 14.4. The van der Waals surface area contributed by atoms with Crippen LogP contribution in [0.15, 0.2) is 12.7 Å². The molecule has 0 bridgehead atoms. The number of nitrogens with two attached hydrogens (primary N) is 1. The molecule has 8 nitrogen and oxygen atoms in total. The van der Waals surface area contributed by atoms with E-state index in [2.05, 4.69) is 25.2 Å². The van der Waals surface area contributed by atoms with Crippen LogP contribution in [0.1, 0.15) is 31.9 Å². The van der Waals surface area contributed by atoms with Gasteiger partial charge in [0.2, 0.25) is 0 Å². The second-order valence-corrected chi connectivity index (χ2v) is 7.82. The third-order valence-electron chi connectivity index (χ3n) is 5.98. The number of likely N-dealkylation sites (tertiary alicyclic amines) is 1. The Labute approximate surface area is 146 Å². The molecule has 0 unspecified atom stereocenters. The van der Waals surface area contributed by atoms with Crippen molar-refractivity contribution >= 4 is 17.0 Å². The normalized spacial score (nSPS) is 29.3. The Balaban J connectivity index is 1.26. The number of aromatic nitrogens is 4. The van der Waals surface area contributed by atoms with Crippen LogP contribution in [0.2, 0.25) is 0 Å². The van der Waals surface area contributed by atoms with Gasteiger partial charge in [-0.05, 0) is 32.2 Å². The van der Waals surface area contributed by atoms with Crippen molar-refractivity contribution < 1.29 is 4.74 Å². The number of anilines is 1. The summed E-state index contributed by atoms with van der Waals surface area (Å²) in [5.41, 5.74) is 7.83. The van der Waals surface area contributed by atoms with E-state index in [9.17, 15) is 0 Å². The molecule has 1 spiro atoms. The summed E-state index contributed by atoms with van der Waals surface area (Å²) in [6.45, 7) is 5.80. The first-order chi connectivity index (χ1) is 12.2. The fraction of sp³-hybridized carbons (Fsp3) is 0.706. The van der Waals surface area contributed by atoms with Gasteiger partial charge in [-0.1, -0.05) is 0 Å². The monoisotopic (exact) mass is 343 g/mol. The summed E-state index contributed by atoms with van der Waals surface area (Å²) in [5.74, 6) is 0.422. The Hall–Kier alpha value is -1.77. The lowest BCUT2D eigenvalue weighted by atomic mass is 9.75. The van der Waals surface area contributed by atoms with Crippen molar-refractivity contribution in [2.24, 2.45) is 5.41 Å². The topological polar surface area (TPSA) is 94.1 Å². The van der Waals surface area contributed by atoms with Gasteiger partial charge in [0.05, 0.1) is 12.4 Å². The van der Waals surface area contributed by atoms with Gasteiger partial charge in [0.25, 0.3) is 0 Å². The number of rotatable bonds is 3. The third kappa shape index (κ3) is 2.68. The van der Waals surface area contributed by atoms with Gasteiger partial charge in [0.15, 0.2) is 11.5 Å². The highest BCUT2D eigenvalue weighted by Crippen LogP contribution is 2.35. The minimum atomic E-state index is -0.00609. The lowest BCUT2D eigenvalue weighted by Gasteiger charge is -2.49. The smallest absolute Gasteiger partial charge is 0.167 e. The van der Waals surface area contributed by atoms with Crippen molar-refractivity contribution in [1.29, 1.82) is 0 Å². The van der Waals surface area contributed by atoms with Crippen LogP contribution in [0.5, 0.6) is 0 Å².